The summed E-state index contributed by atoms with van der Waals surface area (Å²) in [5.74, 6) is -0.834. The molecule has 2 aromatic rings. The Balaban J connectivity index is 2.15. The van der Waals surface area contributed by atoms with Crippen LogP contribution in [0.2, 0.25) is 0 Å². The zero-order chi connectivity index (χ0) is 16.5. The van der Waals surface area contributed by atoms with Gasteiger partial charge in [-0.2, -0.15) is 13.2 Å². The maximum Gasteiger partial charge on any atom is 0.443 e. The van der Waals surface area contributed by atoms with Crippen LogP contribution in [0, 0.1) is 0 Å². The van der Waals surface area contributed by atoms with Crippen molar-refractivity contribution >= 4 is 21.2 Å². The summed E-state index contributed by atoms with van der Waals surface area (Å²) in [6.07, 6.45) is -3.65. The summed E-state index contributed by atoms with van der Waals surface area (Å²) in [6.45, 7) is 3.57. The smallest absolute Gasteiger partial charge is 0.240 e. The molecule has 12 heteroatoms. The van der Waals surface area contributed by atoms with Gasteiger partial charge in [0.1, 0.15) is 5.75 Å². The standard InChI is InChI=1S/C10H12F3N5O2S2/c1-6(2)18-8(15-16-17-18)5-22(19,20)4-7-3-14-9(21-7)10(11,12)13/h3,6H,4-5H2,1-2H3. The van der Waals surface area contributed by atoms with E-state index in [9.17, 15) is 21.6 Å². The lowest BCUT2D eigenvalue weighted by Gasteiger charge is -2.07. The molecule has 0 fully saturated rings. The van der Waals surface area contributed by atoms with Crippen LogP contribution >= 0.6 is 11.3 Å². The Labute approximate surface area is 128 Å². The monoisotopic (exact) mass is 355 g/mol. The van der Waals surface area contributed by atoms with Crippen LogP contribution in [0.4, 0.5) is 13.2 Å². The second kappa shape index (κ2) is 5.91. The number of sulfone groups is 1. The highest BCUT2D eigenvalue weighted by atomic mass is 32.2. The van der Waals surface area contributed by atoms with E-state index in [2.05, 4.69) is 20.5 Å². The van der Waals surface area contributed by atoms with Crippen molar-refractivity contribution in [2.24, 2.45) is 0 Å². The molecule has 0 atom stereocenters. The number of hydrogen-bond donors (Lipinski definition) is 0. The maximum atomic E-state index is 12.4. The maximum absolute atomic E-state index is 12.4. The third kappa shape index (κ3) is 4.00. The van der Waals surface area contributed by atoms with E-state index in [1.165, 1.54) is 4.68 Å². The van der Waals surface area contributed by atoms with E-state index in [1.807, 2.05) is 0 Å². The quantitative estimate of drug-likeness (QED) is 0.813. The molecule has 2 aromatic heterocycles. The van der Waals surface area contributed by atoms with Crippen molar-refractivity contribution in [1.29, 1.82) is 0 Å². The molecule has 7 nitrogen and oxygen atoms in total. The Bertz CT molecular complexity index is 751. The molecule has 2 heterocycles. The molecule has 0 aliphatic heterocycles. The lowest BCUT2D eigenvalue weighted by molar-refractivity contribution is -0.137. The van der Waals surface area contributed by atoms with Gasteiger partial charge in [-0.05, 0) is 24.3 Å². The van der Waals surface area contributed by atoms with Crippen molar-refractivity contribution in [3.63, 3.8) is 0 Å². The molecule has 0 N–H and O–H groups in total. The number of thiazole rings is 1. The van der Waals surface area contributed by atoms with Gasteiger partial charge in [0.25, 0.3) is 0 Å². The van der Waals surface area contributed by atoms with Crippen LogP contribution in [-0.2, 0) is 27.5 Å². The molecule has 0 saturated heterocycles. The van der Waals surface area contributed by atoms with Gasteiger partial charge in [-0.1, -0.05) is 0 Å². The minimum atomic E-state index is -4.57. The molecule has 0 spiro atoms. The van der Waals surface area contributed by atoms with E-state index in [0.29, 0.717) is 11.3 Å². The van der Waals surface area contributed by atoms with Crippen molar-refractivity contribution in [3.05, 3.63) is 21.9 Å². The zero-order valence-corrected chi connectivity index (χ0v) is 13.2. The Kier molecular flexibility index (Phi) is 4.52. The van der Waals surface area contributed by atoms with Crippen LogP contribution < -0.4 is 0 Å². The Hall–Kier alpha value is -1.56. The molecule has 0 unspecified atom stereocenters. The van der Waals surface area contributed by atoms with Crippen LogP contribution in [-0.4, -0.2) is 33.6 Å². The van der Waals surface area contributed by atoms with E-state index in [-0.39, 0.29) is 16.7 Å². The van der Waals surface area contributed by atoms with Gasteiger partial charge in [0.2, 0.25) is 0 Å². The topological polar surface area (TPSA) is 90.6 Å². The van der Waals surface area contributed by atoms with Crippen LogP contribution in [0.5, 0.6) is 0 Å². The van der Waals surface area contributed by atoms with Gasteiger partial charge in [0.05, 0.1) is 11.8 Å². The van der Waals surface area contributed by atoms with Gasteiger partial charge in [0, 0.05) is 11.1 Å². The molecule has 2 rings (SSSR count). The van der Waals surface area contributed by atoms with Gasteiger partial charge < -0.3 is 0 Å². The molecule has 22 heavy (non-hydrogen) atoms. The molecule has 0 aliphatic carbocycles. The number of tetrazole rings is 1. The van der Waals surface area contributed by atoms with Gasteiger partial charge in [-0.3, -0.25) is 0 Å². The molecule has 0 saturated carbocycles. The molecule has 0 amide bonds. The van der Waals surface area contributed by atoms with Gasteiger partial charge in [-0.15, -0.1) is 16.4 Å². The van der Waals surface area contributed by atoms with Crippen LogP contribution in [0.1, 0.15) is 35.6 Å². The Morgan fingerprint density at radius 1 is 1.32 bits per heavy atom. The van der Waals surface area contributed by atoms with Gasteiger partial charge >= 0.3 is 6.18 Å². The molecule has 0 bridgehead atoms. The van der Waals surface area contributed by atoms with E-state index in [4.69, 9.17) is 0 Å². The summed E-state index contributed by atoms with van der Waals surface area (Å²) in [4.78, 5) is 3.22. The summed E-state index contributed by atoms with van der Waals surface area (Å²) < 4.78 is 62.9. The summed E-state index contributed by atoms with van der Waals surface area (Å²) in [6, 6.07) is -0.125. The van der Waals surface area contributed by atoms with E-state index in [0.717, 1.165) is 6.20 Å². The van der Waals surface area contributed by atoms with E-state index >= 15 is 0 Å². The number of nitrogens with zero attached hydrogens (tertiary/aromatic N) is 5. The van der Waals surface area contributed by atoms with Crippen LogP contribution in [0.25, 0.3) is 0 Å². The molecular formula is C10H12F3N5O2S2. The van der Waals surface area contributed by atoms with Crippen LogP contribution in [0.3, 0.4) is 0 Å². The molecule has 122 valence electrons. The third-order valence-corrected chi connectivity index (χ3v) is 5.23. The predicted octanol–water partition coefficient (Wildman–Crippen LogP) is 1.84. The summed E-state index contributed by atoms with van der Waals surface area (Å²) >= 11 is 0.316. The number of alkyl halides is 3. The minimum Gasteiger partial charge on any atom is -0.240 e. The SMILES string of the molecule is CC(C)n1nnnc1CS(=O)(=O)Cc1cnc(C(F)(F)F)s1. The van der Waals surface area contributed by atoms with Crippen molar-refractivity contribution in [3.8, 4) is 0 Å². The first kappa shape index (κ1) is 16.8. The fourth-order valence-electron chi connectivity index (χ4n) is 1.68. The highest BCUT2D eigenvalue weighted by Gasteiger charge is 2.35. The Morgan fingerprint density at radius 2 is 2.00 bits per heavy atom. The van der Waals surface area contributed by atoms with Crippen molar-refractivity contribution < 1.29 is 21.6 Å². The fraction of sp³-hybridized carbons (Fsp3) is 0.600. The van der Waals surface area contributed by atoms with Gasteiger partial charge in [-0.25, -0.2) is 18.1 Å². The number of halogens is 3. The summed E-state index contributed by atoms with van der Waals surface area (Å²) in [7, 11) is -3.71. The van der Waals surface area contributed by atoms with Gasteiger partial charge in [0.15, 0.2) is 20.7 Å². The first-order valence-corrected chi connectivity index (χ1v) is 8.71. The molecular weight excluding hydrogens is 343 g/mol. The fourth-order valence-corrected chi connectivity index (χ4v) is 4.22. The van der Waals surface area contributed by atoms with Crippen molar-refractivity contribution in [2.45, 2.75) is 37.6 Å². The normalized spacial score (nSPS) is 13.0. The third-order valence-electron chi connectivity index (χ3n) is 2.56. The molecule has 0 radical (unpaired) electrons. The first-order chi connectivity index (χ1) is 10.1. The van der Waals surface area contributed by atoms with E-state index in [1.54, 1.807) is 13.8 Å². The average molecular weight is 355 g/mol. The number of rotatable bonds is 5. The largest absolute Gasteiger partial charge is 0.443 e. The van der Waals surface area contributed by atoms with Crippen LogP contribution in [0.15, 0.2) is 6.20 Å². The lowest BCUT2D eigenvalue weighted by atomic mass is 10.4. The lowest BCUT2D eigenvalue weighted by Crippen LogP contribution is -2.14. The second-order valence-electron chi connectivity index (χ2n) is 4.80. The second-order valence-corrected chi connectivity index (χ2v) is 7.97. The average Bonchev–Trinajstić information content (AvgIpc) is 2.95. The molecule has 0 aromatic carbocycles. The highest BCUT2D eigenvalue weighted by Crippen LogP contribution is 2.33. The zero-order valence-electron chi connectivity index (χ0n) is 11.6. The number of hydrogen-bond acceptors (Lipinski definition) is 7. The first-order valence-electron chi connectivity index (χ1n) is 6.07. The predicted molar refractivity (Wildman–Crippen MR) is 71.6 cm³/mol. The molecule has 0 aliphatic rings. The minimum absolute atomic E-state index is 0.0240. The highest BCUT2D eigenvalue weighted by molar-refractivity contribution is 7.89. The van der Waals surface area contributed by atoms with Crippen molar-refractivity contribution in [2.75, 3.05) is 0 Å². The Morgan fingerprint density at radius 3 is 2.55 bits per heavy atom. The summed E-state index contributed by atoms with van der Waals surface area (Å²) in [5, 5.41) is 9.66. The summed E-state index contributed by atoms with van der Waals surface area (Å²) in [5.41, 5.74) is 0. The number of aromatic nitrogens is 5. The van der Waals surface area contributed by atoms with E-state index < -0.39 is 32.5 Å². The van der Waals surface area contributed by atoms with Crippen molar-refractivity contribution in [1.82, 2.24) is 25.2 Å².